The van der Waals surface area contributed by atoms with Crippen molar-refractivity contribution < 1.29 is 5.11 Å². The molecule has 19 heavy (non-hydrogen) atoms. The van der Waals surface area contributed by atoms with E-state index in [2.05, 4.69) is 51.8 Å². The summed E-state index contributed by atoms with van der Waals surface area (Å²) in [6, 6.07) is 4.92. The number of aliphatic hydroxyl groups is 1. The van der Waals surface area contributed by atoms with Crippen LogP contribution in [0.4, 0.5) is 0 Å². The quantitative estimate of drug-likeness (QED) is 0.884. The topological polar surface area (TPSA) is 23.5 Å². The summed E-state index contributed by atoms with van der Waals surface area (Å²) in [6.07, 6.45) is 2.54. The van der Waals surface area contributed by atoms with E-state index in [0.29, 0.717) is 6.04 Å². The Bertz CT molecular complexity index is 445. The van der Waals surface area contributed by atoms with Gasteiger partial charge in [-0.05, 0) is 64.3 Å². The van der Waals surface area contributed by atoms with E-state index in [1.54, 1.807) is 0 Å². The lowest BCUT2D eigenvalue weighted by Gasteiger charge is -2.41. The van der Waals surface area contributed by atoms with Crippen LogP contribution >= 0.6 is 0 Å². The summed E-state index contributed by atoms with van der Waals surface area (Å²) >= 11 is 0. The predicted molar refractivity (Wildman–Crippen MR) is 80.6 cm³/mol. The molecule has 0 bridgehead atoms. The second-order valence-corrected chi connectivity index (χ2v) is 6.56. The van der Waals surface area contributed by atoms with Crippen molar-refractivity contribution in [3.63, 3.8) is 0 Å². The van der Waals surface area contributed by atoms with Crippen LogP contribution in [0.3, 0.4) is 0 Å². The van der Waals surface area contributed by atoms with Gasteiger partial charge >= 0.3 is 0 Å². The molecule has 2 nitrogen and oxygen atoms in total. The zero-order chi connectivity index (χ0) is 14.2. The molecule has 0 amide bonds. The van der Waals surface area contributed by atoms with Crippen molar-refractivity contribution in [2.24, 2.45) is 0 Å². The molecular formula is C17H27NO. The minimum absolute atomic E-state index is 0.463. The molecule has 1 aromatic carbocycles. The molecule has 0 spiro atoms. The largest absolute Gasteiger partial charge is 0.389 e. The van der Waals surface area contributed by atoms with Gasteiger partial charge < -0.3 is 10.0 Å². The average Bonchev–Trinajstić information content (AvgIpc) is 2.29. The Balaban J connectivity index is 2.21. The minimum Gasteiger partial charge on any atom is -0.389 e. The monoisotopic (exact) mass is 261 g/mol. The molecule has 0 radical (unpaired) electrons. The van der Waals surface area contributed by atoms with Crippen molar-refractivity contribution in [3.8, 4) is 0 Å². The third-order valence-electron chi connectivity index (χ3n) is 4.70. The van der Waals surface area contributed by atoms with Gasteiger partial charge in [-0.1, -0.05) is 17.7 Å². The van der Waals surface area contributed by atoms with E-state index >= 15 is 0 Å². The summed E-state index contributed by atoms with van der Waals surface area (Å²) in [5, 5.41) is 10.9. The van der Waals surface area contributed by atoms with Crippen LogP contribution in [0.1, 0.15) is 42.0 Å². The van der Waals surface area contributed by atoms with Crippen molar-refractivity contribution in [3.05, 3.63) is 34.4 Å². The van der Waals surface area contributed by atoms with Gasteiger partial charge in [-0.2, -0.15) is 0 Å². The number of benzene rings is 1. The van der Waals surface area contributed by atoms with Gasteiger partial charge in [-0.25, -0.2) is 0 Å². The lowest BCUT2D eigenvalue weighted by atomic mass is 9.80. The van der Waals surface area contributed by atoms with E-state index in [0.717, 1.165) is 25.8 Å². The molecule has 2 heteroatoms. The lowest BCUT2D eigenvalue weighted by Crippen LogP contribution is -2.48. The zero-order valence-corrected chi connectivity index (χ0v) is 13.0. The first-order valence-corrected chi connectivity index (χ1v) is 7.30. The molecule has 106 valence electrons. The van der Waals surface area contributed by atoms with Gasteiger partial charge in [0, 0.05) is 19.0 Å². The number of rotatable bonds is 2. The predicted octanol–water partition coefficient (Wildman–Crippen LogP) is 3.00. The third kappa shape index (κ3) is 3.18. The van der Waals surface area contributed by atoms with Crippen LogP contribution in [0.2, 0.25) is 0 Å². The van der Waals surface area contributed by atoms with Crippen LogP contribution in [0.25, 0.3) is 0 Å². The van der Waals surface area contributed by atoms with Gasteiger partial charge in [0.05, 0.1) is 5.60 Å². The first-order valence-electron chi connectivity index (χ1n) is 7.30. The highest BCUT2D eigenvalue weighted by Crippen LogP contribution is 2.31. The molecule has 1 heterocycles. The van der Waals surface area contributed by atoms with E-state index < -0.39 is 5.60 Å². The molecule has 0 aliphatic carbocycles. The van der Waals surface area contributed by atoms with Crippen LogP contribution in [0.15, 0.2) is 12.1 Å². The van der Waals surface area contributed by atoms with Crippen LogP contribution < -0.4 is 0 Å². The van der Waals surface area contributed by atoms with E-state index in [1.165, 1.54) is 22.3 Å². The third-order valence-corrected chi connectivity index (χ3v) is 4.70. The van der Waals surface area contributed by atoms with E-state index in [9.17, 15) is 5.11 Å². The summed E-state index contributed by atoms with van der Waals surface area (Å²) in [7, 11) is 2.15. The Morgan fingerprint density at radius 1 is 1.26 bits per heavy atom. The van der Waals surface area contributed by atoms with Crippen LogP contribution in [-0.4, -0.2) is 35.2 Å². The fraction of sp³-hybridized carbons (Fsp3) is 0.647. The smallest absolute Gasteiger partial charge is 0.0715 e. The number of piperidine rings is 1. The molecule has 1 aromatic rings. The maximum atomic E-state index is 10.9. The molecule has 1 saturated heterocycles. The molecule has 1 fully saturated rings. The molecule has 0 saturated carbocycles. The van der Waals surface area contributed by atoms with Crippen molar-refractivity contribution in [1.82, 2.24) is 4.90 Å². The molecule has 2 atom stereocenters. The number of hydrogen-bond donors (Lipinski definition) is 1. The molecule has 2 rings (SSSR count). The Kier molecular flexibility index (Phi) is 4.03. The minimum atomic E-state index is -0.531. The Labute approximate surface area is 117 Å². The highest BCUT2D eigenvalue weighted by Gasteiger charge is 2.35. The maximum Gasteiger partial charge on any atom is 0.0715 e. The van der Waals surface area contributed by atoms with Gasteiger partial charge in [-0.3, -0.25) is 0 Å². The van der Waals surface area contributed by atoms with Gasteiger partial charge in [0.2, 0.25) is 0 Å². The summed E-state index contributed by atoms with van der Waals surface area (Å²) in [5.41, 5.74) is 4.75. The highest BCUT2D eigenvalue weighted by molar-refractivity contribution is 5.38. The van der Waals surface area contributed by atoms with Crippen molar-refractivity contribution in [1.29, 1.82) is 0 Å². The van der Waals surface area contributed by atoms with Gasteiger partial charge in [0.25, 0.3) is 0 Å². The summed E-state index contributed by atoms with van der Waals surface area (Å²) < 4.78 is 0. The van der Waals surface area contributed by atoms with E-state index in [1.807, 2.05) is 0 Å². The van der Waals surface area contributed by atoms with Gasteiger partial charge in [0.1, 0.15) is 0 Å². The second-order valence-electron chi connectivity index (χ2n) is 6.56. The summed E-state index contributed by atoms with van der Waals surface area (Å²) in [5.74, 6) is 0. The van der Waals surface area contributed by atoms with Gasteiger partial charge in [-0.15, -0.1) is 0 Å². The van der Waals surface area contributed by atoms with Crippen molar-refractivity contribution >= 4 is 0 Å². The SMILES string of the molecule is Cc1cc(C)c(CC2(O)CCN(C)C(C)C2)c(C)c1. The first-order chi connectivity index (χ1) is 8.81. The van der Waals surface area contributed by atoms with Crippen molar-refractivity contribution in [2.45, 2.75) is 58.6 Å². The standard InChI is InChI=1S/C17H27NO/c1-12-8-13(2)16(14(3)9-12)11-17(19)6-7-18(5)15(4)10-17/h8-9,15,19H,6-7,10-11H2,1-5H3. The number of aryl methyl sites for hydroxylation is 3. The molecule has 2 unspecified atom stereocenters. The Hall–Kier alpha value is -0.860. The van der Waals surface area contributed by atoms with Gasteiger partial charge in [0.15, 0.2) is 0 Å². The zero-order valence-electron chi connectivity index (χ0n) is 13.0. The lowest BCUT2D eigenvalue weighted by molar-refractivity contribution is -0.0355. The summed E-state index contributed by atoms with van der Waals surface area (Å²) in [6.45, 7) is 9.66. The normalized spacial score (nSPS) is 28.6. The number of hydrogen-bond acceptors (Lipinski definition) is 2. The fourth-order valence-corrected chi connectivity index (χ4v) is 3.39. The summed E-state index contributed by atoms with van der Waals surface area (Å²) in [4.78, 5) is 2.34. The maximum absolute atomic E-state index is 10.9. The second kappa shape index (κ2) is 5.26. The first kappa shape index (κ1) is 14.5. The molecule has 1 aliphatic heterocycles. The Morgan fingerprint density at radius 2 is 1.84 bits per heavy atom. The van der Waals surface area contributed by atoms with Crippen LogP contribution in [0.5, 0.6) is 0 Å². The molecule has 1 N–H and O–H groups in total. The van der Waals surface area contributed by atoms with E-state index in [-0.39, 0.29) is 0 Å². The molecular weight excluding hydrogens is 234 g/mol. The van der Waals surface area contributed by atoms with Crippen LogP contribution in [-0.2, 0) is 6.42 Å². The number of likely N-dealkylation sites (tertiary alicyclic amines) is 1. The highest BCUT2D eigenvalue weighted by atomic mass is 16.3. The van der Waals surface area contributed by atoms with E-state index in [4.69, 9.17) is 0 Å². The fourth-order valence-electron chi connectivity index (χ4n) is 3.39. The number of nitrogens with zero attached hydrogens (tertiary/aromatic N) is 1. The molecule has 1 aliphatic rings. The van der Waals surface area contributed by atoms with Crippen LogP contribution in [0, 0.1) is 20.8 Å². The average molecular weight is 261 g/mol. The Morgan fingerprint density at radius 3 is 2.37 bits per heavy atom. The molecule has 0 aromatic heterocycles. The van der Waals surface area contributed by atoms with Crippen molar-refractivity contribution in [2.75, 3.05) is 13.6 Å².